The van der Waals surface area contributed by atoms with Crippen LogP contribution in [0.15, 0.2) is 18.2 Å². The number of rotatable bonds is 6. The molecule has 1 unspecified atom stereocenters. The van der Waals surface area contributed by atoms with Gasteiger partial charge in [0.1, 0.15) is 6.04 Å². The Labute approximate surface area is 159 Å². The molecular formula is C20H28N2O5. The van der Waals surface area contributed by atoms with Crippen LogP contribution in [0.3, 0.4) is 0 Å². The lowest BCUT2D eigenvalue weighted by molar-refractivity contribution is -0.141. The predicted molar refractivity (Wildman–Crippen MR) is 100 cm³/mol. The summed E-state index contributed by atoms with van der Waals surface area (Å²) >= 11 is 0. The molecule has 2 aliphatic rings. The lowest BCUT2D eigenvalue weighted by atomic mass is 9.77. The average molecular weight is 376 g/mol. The lowest BCUT2D eigenvalue weighted by Gasteiger charge is -2.33. The van der Waals surface area contributed by atoms with Crippen LogP contribution in [-0.2, 0) is 4.79 Å². The number of aliphatic carboxylic acids is 1. The molecule has 1 spiro atoms. The van der Waals surface area contributed by atoms with Gasteiger partial charge in [-0.25, -0.2) is 4.79 Å². The molecule has 3 rings (SSSR count). The maximum Gasteiger partial charge on any atom is 0.326 e. The largest absolute Gasteiger partial charge is 0.490 e. The lowest BCUT2D eigenvalue weighted by Crippen LogP contribution is -2.42. The molecule has 0 saturated carbocycles. The van der Waals surface area contributed by atoms with Crippen LogP contribution in [-0.4, -0.2) is 60.8 Å². The standard InChI is InChI=1S/C20H28N2O5/c1-3-26-16-6-5-14(11-17(16)27-4-2)18(23)22-13-20(7-9-21-10-8-20)12-15(22)19(24)25/h5-6,11,15,21H,3-4,7-10,12-13H2,1-2H3,(H,24,25). The number of likely N-dealkylation sites (tertiary alicyclic amines) is 1. The number of nitrogens with one attached hydrogen (secondary N) is 1. The summed E-state index contributed by atoms with van der Waals surface area (Å²) in [6, 6.07) is 4.27. The Morgan fingerprint density at radius 2 is 1.85 bits per heavy atom. The van der Waals surface area contributed by atoms with E-state index in [0.29, 0.717) is 43.2 Å². The third-order valence-corrected chi connectivity index (χ3v) is 5.51. The summed E-state index contributed by atoms with van der Waals surface area (Å²) in [5.41, 5.74) is 0.331. The van der Waals surface area contributed by atoms with Gasteiger partial charge in [0, 0.05) is 12.1 Å². The van der Waals surface area contributed by atoms with E-state index in [9.17, 15) is 14.7 Å². The number of hydrogen-bond donors (Lipinski definition) is 2. The first kappa shape index (κ1) is 19.5. The SMILES string of the molecule is CCOc1ccc(C(=O)N2CC3(CCNCC3)CC2C(=O)O)cc1OCC. The average Bonchev–Trinajstić information content (AvgIpc) is 3.03. The number of carbonyl (C=O) groups excluding carboxylic acids is 1. The second kappa shape index (κ2) is 8.17. The summed E-state index contributed by atoms with van der Waals surface area (Å²) in [7, 11) is 0. The fraction of sp³-hybridized carbons (Fsp3) is 0.600. The van der Waals surface area contributed by atoms with Gasteiger partial charge in [0.25, 0.3) is 5.91 Å². The first-order chi connectivity index (χ1) is 13.0. The quantitative estimate of drug-likeness (QED) is 0.791. The van der Waals surface area contributed by atoms with Gasteiger partial charge in [-0.2, -0.15) is 0 Å². The molecule has 2 saturated heterocycles. The van der Waals surface area contributed by atoms with Gasteiger partial charge in [0.15, 0.2) is 11.5 Å². The van der Waals surface area contributed by atoms with Crippen LogP contribution in [0.25, 0.3) is 0 Å². The third-order valence-electron chi connectivity index (χ3n) is 5.51. The van der Waals surface area contributed by atoms with Crippen molar-refractivity contribution in [2.24, 2.45) is 5.41 Å². The summed E-state index contributed by atoms with van der Waals surface area (Å²) in [6.45, 7) is 6.92. The highest BCUT2D eigenvalue weighted by Gasteiger charge is 2.49. The molecule has 2 aliphatic heterocycles. The molecule has 0 aromatic heterocycles. The van der Waals surface area contributed by atoms with E-state index in [1.54, 1.807) is 18.2 Å². The molecule has 1 aromatic carbocycles. The number of benzene rings is 1. The van der Waals surface area contributed by atoms with Crippen LogP contribution >= 0.6 is 0 Å². The van der Waals surface area contributed by atoms with Crippen molar-refractivity contribution < 1.29 is 24.2 Å². The molecular weight excluding hydrogens is 348 g/mol. The molecule has 2 N–H and O–H groups in total. The number of hydrogen-bond acceptors (Lipinski definition) is 5. The number of carboxylic acid groups (broad SMARTS) is 1. The third kappa shape index (κ3) is 4.03. The maximum atomic E-state index is 13.2. The van der Waals surface area contributed by atoms with Crippen LogP contribution in [0.4, 0.5) is 0 Å². The highest BCUT2D eigenvalue weighted by Crippen LogP contribution is 2.43. The number of nitrogens with zero attached hydrogens (tertiary/aromatic N) is 1. The molecule has 0 aliphatic carbocycles. The first-order valence-electron chi connectivity index (χ1n) is 9.64. The summed E-state index contributed by atoms with van der Waals surface area (Å²) in [6.07, 6.45) is 2.31. The van der Waals surface area contributed by atoms with Gasteiger partial charge in [0.2, 0.25) is 0 Å². The zero-order chi connectivity index (χ0) is 19.4. The molecule has 0 radical (unpaired) electrons. The molecule has 1 atom stereocenters. The molecule has 1 aromatic rings. The molecule has 2 fully saturated rings. The van der Waals surface area contributed by atoms with Gasteiger partial charge in [-0.3, -0.25) is 4.79 Å². The van der Waals surface area contributed by atoms with Crippen LogP contribution in [0, 0.1) is 5.41 Å². The molecule has 2 heterocycles. The number of carboxylic acids is 1. The second-order valence-corrected chi connectivity index (χ2v) is 7.27. The molecule has 7 nitrogen and oxygen atoms in total. The first-order valence-corrected chi connectivity index (χ1v) is 9.64. The molecule has 148 valence electrons. The van der Waals surface area contributed by atoms with Crippen molar-refractivity contribution in [1.82, 2.24) is 10.2 Å². The minimum atomic E-state index is -0.935. The van der Waals surface area contributed by atoms with Gasteiger partial charge < -0.3 is 24.8 Å². The van der Waals surface area contributed by atoms with Crippen LogP contribution in [0.2, 0.25) is 0 Å². The van der Waals surface area contributed by atoms with Gasteiger partial charge in [-0.05, 0) is 69.8 Å². The fourth-order valence-corrected chi connectivity index (χ4v) is 4.16. The summed E-state index contributed by atoms with van der Waals surface area (Å²) in [4.78, 5) is 26.5. The van der Waals surface area contributed by atoms with E-state index in [1.807, 2.05) is 13.8 Å². The Morgan fingerprint density at radius 1 is 1.19 bits per heavy atom. The Kier molecular flexibility index (Phi) is 5.89. The molecule has 27 heavy (non-hydrogen) atoms. The van der Waals surface area contributed by atoms with Crippen molar-refractivity contribution >= 4 is 11.9 Å². The number of ether oxygens (including phenoxy) is 2. The normalized spacial score (nSPS) is 21.3. The minimum absolute atomic E-state index is 0.0992. The van der Waals surface area contributed by atoms with E-state index in [-0.39, 0.29) is 11.3 Å². The van der Waals surface area contributed by atoms with Crippen LogP contribution in [0.1, 0.15) is 43.5 Å². The van der Waals surface area contributed by atoms with Crippen molar-refractivity contribution in [3.8, 4) is 11.5 Å². The van der Waals surface area contributed by atoms with Gasteiger partial charge >= 0.3 is 5.97 Å². The van der Waals surface area contributed by atoms with Gasteiger partial charge in [0.05, 0.1) is 13.2 Å². The Bertz CT molecular complexity index is 700. The number of piperidine rings is 1. The van der Waals surface area contributed by atoms with E-state index >= 15 is 0 Å². The molecule has 7 heteroatoms. The minimum Gasteiger partial charge on any atom is -0.490 e. The van der Waals surface area contributed by atoms with Gasteiger partial charge in [-0.1, -0.05) is 0 Å². The Hall–Kier alpha value is -2.28. The van der Waals surface area contributed by atoms with E-state index in [1.165, 1.54) is 4.90 Å². The second-order valence-electron chi connectivity index (χ2n) is 7.27. The van der Waals surface area contributed by atoms with Crippen molar-refractivity contribution in [2.45, 2.75) is 39.2 Å². The van der Waals surface area contributed by atoms with Crippen molar-refractivity contribution in [3.05, 3.63) is 23.8 Å². The predicted octanol–water partition coefficient (Wildman–Crippen LogP) is 2.15. The van der Waals surface area contributed by atoms with Crippen molar-refractivity contribution in [1.29, 1.82) is 0 Å². The Morgan fingerprint density at radius 3 is 2.48 bits per heavy atom. The van der Waals surface area contributed by atoms with Crippen LogP contribution in [0.5, 0.6) is 11.5 Å². The zero-order valence-corrected chi connectivity index (χ0v) is 16.0. The summed E-state index contributed by atoms with van der Waals surface area (Å²) < 4.78 is 11.2. The summed E-state index contributed by atoms with van der Waals surface area (Å²) in [5.74, 6) is -0.105. The smallest absolute Gasteiger partial charge is 0.326 e. The topological polar surface area (TPSA) is 88.1 Å². The van der Waals surface area contributed by atoms with E-state index in [2.05, 4.69) is 5.32 Å². The summed E-state index contributed by atoms with van der Waals surface area (Å²) in [5, 5.41) is 13.0. The van der Waals surface area contributed by atoms with E-state index < -0.39 is 12.0 Å². The maximum absolute atomic E-state index is 13.2. The van der Waals surface area contributed by atoms with Gasteiger partial charge in [-0.15, -0.1) is 0 Å². The fourth-order valence-electron chi connectivity index (χ4n) is 4.16. The molecule has 1 amide bonds. The Balaban J connectivity index is 1.86. The van der Waals surface area contributed by atoms with Crippen molar-refractivity contribution in [2.75, 3.05) is 32.8 Å². The highest BCUT2D eigenvalue weighted by molar-refractivity contribution is 5.97. The van der Waals surface area contributed by atoms with E-state index in [4.69, 9.17) is 9.47 Å². The van der Waals surface area contributed by atoms with E-state index in [0.717, 1.165) is 25.9 Å². The zero-order valence-electron chi connectivity index (χ0n) is 16.0. The molecule has 0 bridgehead atoms. The number of carbonyl (C=O) groups is 2. The number of amides is 1. The van der Waals surface area contributed by atoms with Crippen LogP contribution < -0.4 is 14.8 Å². The van der Waals surface area contributed by atoms with Crippen molar-refractivity contribution in [3.63, 3.8) is 0 Å². The monoisotopic (exact) mass is 376 g/mol. The highest BCUT2D eigenvalue weighted by atomic mass is 16.5.